The van der Waals surface area contributed by atoms with Crippen molar-refractivity contribution in [3.63, 3.8) is 0 Å². The van der Waals surface area contributed by atoms with Crippen LogP contribution in [-0.2, 0) is 22.5 Å². The third-order valence-corrected chi connectivity index (χ3v) is 4.49. The quantitative estimate of drug-likeness (QED) is 0.700. The normalized spacial score (nSPS) is 12.6. The highest BCUT2D eigenvalue weighted by Gasteiger charge is 2.18. The number of amides is 1. The molecule has 1 aromatic heterocycles. The first-order valence-corrected chi connectivity index (χ1v) is 8.77. The molecule has 3 aromatic rings. The largest absolute Gasteiger partial charge is 0.452 e. The monoisotopic (exact) mass is 381 g/mol. The Morgan fingerprint density at radius 2 is 2.07 bits per heavy atom. The predicted molar refractivity (Wildman–Crippen MR) is 99.6 cm³/mol. The van der Waals surface area contributed by atoms with Crippen molar-refractivity contribution in [3.05, 3.63) is 70.0 Å². The van der Waals surface area contributed by atoms with Gasteiger partial charge in [-0.2, -0.15) is 0 Å². The summed E-state index contributed by atoms with van der Waals surface area (Å²) in [6, 6.07) is 9.89. The zero-order valence-corrected chi connectivity index (χ0v) is 14.8. The topological polar surface area (TPSA) is 90.3 Å². The Hall–Kier alpha value is -3.55. The molecule has 0 unspecified atom stereocenters. The number of halogens is 1. The predicted octanol–water partition coefficient (Wildman–Crippen LogP) is 2.28. The van der Waals surface area contributed by atoms with Crippen LogP contribution in [0.1, 0.15) is 22.6 Å². The highest BCUT2D eigenvalue weighted by atomic mass is 19.1. The molecule has 8 heteroatoms. The molecule has 0 bridgehead atoms. The van der Waals surface area contributed by atoms with E-state index in [0.717, 1.165) is 18.9 Å². The number of rotatable bonds is 4. The Balaban J connectivity index is 1.46. The zero-order chi connectivity index (χ0) is 19.7. The maximum Gasteiger partial charge on any atom is 0.338 e. The number of benzene rings is 2. The zero-order valence-electron chi connectivity index (χ0n) is 14.8. The molecule has 0 atom stereocenters. The molecule has 1 amide bonds. The van der Waals surface area contributed by atoms with Crippen molar-refractivity contribution < 1.29 is 18.7 Å². The van der Waals surface area contributed by atoms with E-state index in [9.17, 15) is 18.8 Å². The number of esters is 1. The number of ether oxygens (including phenoxy) is 1. The fourth-order valence-corrected chi connectivity index (χ4v) is 3.19. The lowest BCUT2D eigenvalue weighted by Gasteiger charge is -2.08. The molecule has 0 spiro atoms. The second-order valence-corrected chi connectivity index (χ2v) is 6.45. The van der Waals surface area contributed by atoms with E-state index in [1.807, 2.05) is 0 Å². The van der Waals surface area contributed by atoms with Crippen LogP contribution in [0.25, 0.3) is 10.9 Å². The molecule has 2 heterocycles. The number of fused-ring (bicyclic) bond motifs is 2. The van der Waals surface area contributed by atoms with Crippen molar-refractivity contribution in [3.8, 4) is 0 Å². The van der Waals surface area contributed by atoms with Crippen LogP contribution in [0.3, 0.4) is 0 Å². The van der Waals surface area contributed by atoms with E-state index in [1.54, 1.807) is 10.6 Å². The fraction of sp³-hybridized carbons (Fsp3) is 0.200. The minimum atomic E-state index is -0.710. The first kappa shape index (κ1) is 17.8. The summed E-state index contributed by atoms with van der Waals surface area (Å²) in [5.74, 6) is -1.08. The lowest BCUT2D eigenvalue weighted by molar-refractivity contribution is -0.119. The van der Waals surface area contributed by atoms with Crippen LogP contribution in [-0.4, -0.2) is 28.0 Å². The van der Waals surface area contributed by atoms with Gasteiger partial charge in [-0.15, -0.1) is 0 Å². The first-order chi connectivity index (χ1) is 13.5. The van der Waals surface area contributed by atoms with E-state index in [0.29, 0.717) is 23.3 Å². The molecule has 0 saturated heterocycles. The number of hydrogen-bond donors (Lipinski definition) is 1. The summed E-state index contributed by atoms with van der Waals surface area (Å²) in [7, 11) is 0. The molecule has 2 aromatic carbocycles. The molecule has 28 heavy (non-hydrogen) atoms. The van der Waals surface area contributed by atoms with Gasteiger partial charge >= 0.3 is 5.97 Å². The van der Waals surface area contributed by atoms with Crippen molar-refractivity contribution in [1.82, 2.24) is 9.55 Å². The maximum absolute atomic E-state index is 13.1. The van der Waals surface area contributed by atoms with Crippen LogP contribution >= 0.6 is 0 Å². The van der Waals surface area contributed by atoms with Crippen LogP contribution < -0.4 is 10.9 Å². The third kappa shape index (κ3) is 3.48. The lowest BCUT2D eigenvalue weighted by atomic mass is 10.1. The van der Waals surface area contributed by atoms with Crippen LogP contribution in [0.4, 0.5) is 10.1 Å². The molecule has 0 aliphatic carbocycles. The van der Waals surface area contributed by atoms with E-state index < -0.39 is 24.3 Å². The van der Waals surface area contributed by atoms with Crippen LogP contribution in [0.5, 0.6) is 0 Å². The van der Waals surface area contributed by atoms with Gasteiger partial charge in [0.1, 0.15) is 11.6 Å². The number of carbonyl (C=O) groups excluding carboxylic acids is 2. The minimum Gasteiger partial charge on any atom is -0.452 e. The third-order valence-electron chi connectivity index (χ3n) is 4.49. The van der Waals surface area contributed by atoms with Gasteiger partial charge in [0.05, 0.1) is 16.5 Å². The standard InChI is InChI=1S/C20H16FN3O4/c21-13-3-1-4-14(10-13)22-18(25)11-28-20(27)12-6-7-15-16(9-12)23-17-5-2-8-24(17)19(15)26/h1,3-4,6-7,9-10H,2,5,8,11H2,(H,22,25). The molecular formula is C20H16FN3O4. The number of anilines is 1. The summed E-state index contributed by atoms with van der Waals surface area (Å²) in [6.45, 7) is 0.134. The molecule has 0 radical (unpaired) electrons. The molecule has 1 N–H and O–H groups in total. The second kappa shape index (κ2) is 7.22. The summed E-state index contributed by atoms with van der Waals surface area (Å²) < 4.78 is 19.8. The van der Waals surface area contributed by atoms with Gasteiger partial charge in [-0.1, -0.05) is 6.07 Å². The summed E-state index contributed by atoms with van der Waals surface area (Å²) in [4.78, 5) is 41.0. The molecule has 1 aliphatic rings. The summed E-state index contributed by atoms with van der Waals surface area (Å²) >= 11 is 0. The van der Waals surface area contributed by atoms with E-state index >= 15 is 0 Å². The maximum atomic E-state index is 13.1. The SMILES string of the molecule is O=C(COC(=O)c1ccc2c(=O)n3c(nc2c1)CCC3)Nc1cccc(F)c1. The molecule has 1 aliphatic heterocycles. The number of hydrogen-bond acceptors (Lipinski definition) is 5. The van der Waals surface area contributed by atoms with E-state index in [1.165, 1.54) is 30.3 Å². The molecule has 0 fully saturated rings. The number of aromatic nitrogens is 2. The number of nitrogens with one attached hydrogen (secondary N) is 1. The van der Waals surface area contributed by atoms with Crippen LogP contribution in [0.15, 0.2) is 47.3 Å². The Kier molecular flexibility index (Phi) is 4.60. The van der Waals surface area contributed by atoms with Crippen molar-refractivity contribution in [1.29, 1.82) is 0 Å². The lowest BCUT2D eigenvalue weighted by Crippen LogP contribution is -2.22. The highest BCUT2D eigenvalue weighted by molar-refractivity contribution is 5.97. The van der Waals surface area contributed by atoms with Gasteiger partial charge in [-0.25, -0.2) is 14.2 Å². The molecule has 7 nitrogen and oxygen atoms in total. The number of carbonyl (C=O) groups is 2. The van der Waals surface area contributed by atoms with Gasteiger partial charge in [-0.3, -0.25) is 14.2 Å². The molecular weight excluding hydrogens is 365 g/mol. The minimum absolute atomic E-state index is 0.119. The van der Waals surface area contributed by atoms with Gasteiger partial charge < -0.3 is 10.1 Å². The van der Waals surface area contributed by atoms with Crippen LogP contribution in [0.2, 0.25) is 0 Å². The second-order valence-electron chi connectivity index (χ2n) is 6.45. The Bertz CT molecular complexity index is 1160. The molecule has 142 valence electrons. The first-order valence-electron chi connectivity index (χ1n) is 8.77. The van der Waals surface area contributed by atoms with Crippen molar-refractivity contribution in [2.45, 2.75) is 19.4 Å². The molecule has 4 rings (SSSR count). The van der Waals surface area contributed by atoms with Gasteiger partial charge in [0, 0.05) is 18.7 Å². The molecule has 0 saturated carbocycles. The van der Waals surface area contributed by atoms with Crippen molar-refractivity contribution in [2.75, 3.05) is 11.9 Å². The highest BCUT2D eigenvalue weighted by Crippen LogP contribution is 2.17. The average Bonchev–Trinajstić information content (AvgIpc) is 3.14. The summed E-state index contributed by atoms with van der Waals surface area (Å²) in [5.41, 5.74) is 0.773. The van der Waals surface area contributed by atoms with E-state index in [4.69, 9.17) is 4.74 Å². The average molecular weight is 381 g/mol. The van der Waals surface area contributed by atoms with Gasteiger partial charge in [0.2, 0.25) is 0 Å². The van der Waals surface area contributed by atoms with Crippen LogP contribution in [0, 0.1) is 5.82 Å². The Morgan fingerprint density at radius 1 is 1.21 bits per heavy atom. The van der Waals surface area contributed by atoms with Gasteiger partial charge in [0.15, 0.2) is 6.61 Å². The Morgan fingerprint density at radius 3 is 2.89 bits per heavy atom. The number of aryl methyl sites for hydroxylation is 1. The van der Waals surface area contributed by atoms with Crippen molar-refractivity contribution >= 4 is 28.5 Å². The van der Waals surface area contributed by atoms with E-state index in [-0.39, 0.29) is 16.8 Å². The van der Waals surface area contributed by atoms with E-state index in [2.05, 4.69) is 10.3 Å². The Labute approximate surface area is 158 Å². The van der Waals surface area contributed by atoms with Gasteiger partial charge in [-0.05, 0) is 42.8 Å². The summed E-state index contributed by atoms with van der Waals surface area (Å²) in [6.07, 6.45) is 1.59. The van der Waals surface area contributed by atoms with Crippen molar-refractivity contribution in [2.24, 2.45) is 0 Å². The fourth-order valence-electron chi connectivity index (χ4n) is 3.19. The van der Waals surface area contributed by atoms with Gasteiger partial charge in [0.25, 0.3) is 11.5 Å². The smallest absolute Gasteiger partial charge is 0.338 e. The number of nitrogens with zero attached hydrogens (tertiary/aromatic N) is 2. The summed E-state index contributed by atoms with van der Waals surface area (Å²) in [5, 5.41) is 2.88.